The van der Waals surface area contributed by atoms with E-state index in [9.17, 15) is 0 Å². The van der Waals surface area contributed by atoms with E-state index in [0.29, 0.717) is 0 Å². The largest absolute Gasteiger partial charge is 0.370 e. The predicted molar refractivity (Wildman–Crippen MR) is 92.7 cm³/mol. The van der Waals surface area contributed by atoms with Crippen molar-refractivity contribution in [2.75, 3.05) is 11.9 Å². The number of benzene rings is 1. The molecule has 112 valence electrons. The highest BCUT2D eigenvalue weighted by atomic mass is 79.9. The number of rotatable bonds is 6. The molecule has 3 nitrogen and oxygen atoms in total. The third kappa shape index (κ3) is 4.03. The molecule has 0 aliphatic carbocycles. The van der Waals surface area contributed by atoms with Crippen LogP contribution in [0.15, 0.2) is 28.7 Å². The molecular formula is C17H22BrN3. The van der Waals surface area contributed by atoms with Crippen LogP contribution in [-0.4, -0.2) is 16.5 Å². The van der Waals surface area contributed by atoms with E-state index in [-0.39, 0.29) is 0 Å². The van der Waals surface area contributed by atoms with Gasteiger partial charge in [0, 0.05) is 28.6 Å². The lowest BCUT2D eigenvalue weighted by molar-refractivity contribution is 0.830. The lowest BCUT2D eigenvalue weighted by Gasteiger charge is -2.14. The number of halogens is 1. The van der Waals surface area contributed by atoms with E-state index in [2.05, 4.69) is 71.3 Å². The second-order valence-electron chi connectivity index (χ2n) is 5.15. The van der Waals surface area contributed by atoms with Crippen LogP contribution < -0.4 is 5.32 Å². The van der Waals surface area contributed by atoms with E-state index in [4.69, 9.17) is 4.98 Å². The fraction of sp³-hybridized carbons (Fsp3) is 0.412. The highest BCUT2D eigenvalue weighted by Crippen LogP contribution is 2.27. The van der Waals surface area contributed by atoms with Crippen LogP contribution in [0.4, 0.5) is 5.82 Å². The van der Waals surface area contributed by atoms with Crippen molar-refractivity contribution in [2.45, 2.75) is 40.0 Å². The highest BCUT2D eigenvalue weighted by molar-refractivity contribution is 9.10. The summed E-state index contributed by atoms with van der Waals surface area (Å²) in [6.45, 7) is 7.34. The molecule has 2 rings (SSSR count). The lowest BCUT2D eigenvalue weighted by atomic mass is 10.1. The molecule has 1 N–H and O–H groups in total. The summed E-state index contributed by atoms with van der Waals surface area (Å²) in [5.41, 5.74) is 3.28. The van der Waals surface area contributed by atoms with Gasteiger partial charge >= 0.3 is 0 Å². The number of aromatic nitrogens is 2. The standard InChI is InChI=1S/C17H22BrN3/c1-4-6-15-20-16(13-7-9-14(18)10-8-13)12(3)17(21-15)19-11-5-2/h7-10H,4-6,11H2,1-3H3,(H,19,20,21). The van der Waals surface area contributed by atoms with Gasteiger partial charge < -0.3 is 5.32 Å². The zero-order valence-electron chi connectivity index (χ0n) is 12.9. The Balaban J connectivity index is 2.46. The number of aryl methyl sites for hydroxylation is 1. The summed E-state index contributed by atoms with van der Waals surface area (Å²) in [7, 11) is 0. The Bertz CT molecular complexity index is 594. The molecule has 0 unspecified atom stereocenters. The molecule has 0 radical (unpaired) electrons. The summed E-state index contributed by atoms with van der Waals surface area (Å²) in [4.78, 5) is 9.44. The van der Waals surface area contributed by atoms with Gasteiger partial charge in [0.05, 0.1) is 5.69 Å². The maximum absolute atomic E-state index is 4.76. The molecule has 0 bridgehead atoms. The van der Waals surface area contributed by atoms with Crippen molar-refractivity contribution in [3.8, 4) is 11.3 Å². The average molecular weight is 348 g/mol. The predicted octanol–water partition coefficient (Wildman–Crippen LogP) is 4.99. The van der Waals surface area contributed by atoms with Gasteiger partial charge in [-0.05, 0) is 31.9 Å². The van der Waals surface area contributed by atoms with Crippen LogP contribution in [0.25, 0.3) is 11.3 Å². The Hall–Kier alpha value is -1.42. The lowest BCUT2D eigenvalue weighted by Crippen LogP contribution is -2.09. The summed E-state index contributed by atoms with van der Waals surface area (Å²) in [5.74, 6) is 1.88. The normalized spacial score (nSPS) is 10.7. The zero-order chi connectivity index (χ0) is 15.2. The third-order valence-corrected chi connectivity index (χ3v) is 3.85. The average Bonchev–Trinajstić information content (AvgIpc) is 2.49. The maximum atomic E-state index is 4.76. The van der Waals surface area contributed by atoms with Crippen molar-refractivity contribution in [3.05, 3.63) is 40.1 Å². The van der Waals surface area contributed by atoms with E-state index >= 15 is 0 Å². The van der Waals surface area contributed by atoms with Gasteiger partial charge in [-0.15, -0.1) is 0 Å². The zero-order valence-corrected chi connectivity index (χ0v) is 14.5. The van der Waals surface area contributed by atoms with E-state index in [1.807, 2.05) is 0 Å². The van der Waals surface area contributed by atoms with E-state index in [0.717, 1.165) is 58.7 Å². The summed E-state index contributed by atoms with van der Waals surface area (Å²) in [6.07, 6.45) is 3.04. The minimum absolute atomic E-state index is 0.907. The molecule has 0 atom stereocenters. The maximum Gasteiger partial charge on any atom is 0.133 e. The van der Waals surface area contributed by atoms with Crippen LogP contribution in [0.2, 0.25) is 0 Å². The van der Waals surface area contributed by atoms with E-state index in [1.54, 1.807) is 0 Å². The number of anilines is 1. The highest BCUT2D eigenvalue weighted by Gasteiger charge is 2.12. The molecule has 1 aromatic heterocycles. The van der Waals surface area contributed by atoms with Crippen LogP contribution >= 0.6 is 15.9 Å². The molecule has 21 heavy (non-hydrogen) atoms. The summed E-state index contributed by atoms with van der Waals surface area (Å²) >= 11 is 3.48. The van der Waals surface area contributed by atoms with Crippen molar-refractivity contribution >= 4 is 21.7 Å². The second kappa shape index (κ2) is 7.55. The quantitative estimate of drug-likeness (QED) is 0.799. The molecule has 1 aromatic carbocycles. The minimum atomic E-state index is 0.907. The molecule has 1 heterocycles. The van der Waals surface area contributed by atoms with Crippen molar-refractivity contribution in [1.82, 2.24) is 9.97 Å². The van der Waals surface area contributed by atoms with E-state index < -0.39 is 0 Å². The molecule has 0 aliphatic rings. The third-order valence-electron chi connectivity index (χ3n) is 3.33. The van der Waals surface area contributed by atoms with Crippen LogP contribution in [0.1, 0.15) is 38.1 Å². The first kappa shape index (κ1) is 16.0. The van der Waals surface area contributed by atoms with Crippen LogP contribution in [0.5, 0.6) is 0 Å². The van der Waals surface area contributed by atoms with E-state index in [1.165, 1.54) is 0 Å². The molecule has 2 aromatic rings. The van der Waals surface area contributed by atoms with Gasteiger partial charge in [0.15, 0.2) is 0 Å². The molecule has 0 saturated carbocycles. The summed E-state index contributed by atoms with van der Waals surface area (Å²) < 4.78 is 1.08. The summed E-state index contributed by atoms with van der Waals surface area (Å²) in [5, 5.41) is 3.42. The molecule has 0 fully saturated rings. The van der Waals surface area contributed by atoms with Crippen molar-refractivity contribution < 1.29 is 0 Å². The SMILES string of the molecule is CCCNc1nc(CCC)nc(-c2ccc(Br)cc2)c1C. The molecule has 0 spiro atoms. The smallest absolute Gasteiger partial charge is 0.133 e. The monoisotopic (exact) mass is 347 g/mol. The number of hydrogen-bond donors (Lipinski definition) is 1. The first-order valence-corrected chi connectivity index (χ1v) is 8.32. The number of nitrogens with one attached hydrogen (secondary N) is 1. The second-order valence-corrected chi connectivity index (χ2v) is 6.06. The van der Waals surface area contributed by atoms with Gasteiger partial charge in [-0.25, -0.2) is 9.97 Å². The first-order valence-electron chi connectivity index (χ1n) is 7.53. The molecule has 0 amide bonds. The Morgan fingerprint density at radius 2 is 1.76 bits per heavy atom. The van der Waals surface area contributed by atoms with Gasteiger partial charge in [0.25, 0.3) is 0 Å². The first-order chi connectivity index (χ1) is 10.2. The fourth-order valence-corrected chi connectivity index (χ4v) is 2.47. The Labute approximate surface area is 135 Å². The van der Waals surface area contributed by atoms with Crippen molar-refractivity contribution in [1.29, 1.82) is 0 Å². The van der Waals surface area contributed by atoms with Gasteiger partial charge in [-0.3, -0.25) is 0 Å². The Morgan fingerprint density at radius 1 is 1.05 bits per heavy atom. The molecular weight excluding hydrogens is 326 g/mol. The van der Waals surface area contributed by atoms with Gasteiger partial charge in [-0.1, -0.05) is 41.9 Å². The minimum Gasteiger partial charge on any atom is -0.370 e. The van der Waals surface area contributed by atoms with Crippen molar-refractivity contribution in [3.63, 3.8) is 0 Å². The summed E-state index contributed by atoms with van der Waals surface area (Å²) in [6, 6.07) is 8.29. The number of nitrogens with zero attached hydrogens (tertiary/aromatic N) is 2. The van der Waals surface area contributed by atoms with Crippen molar-refractivity contribution in [2.24, 2.45) is 0 Å². The number of hydrogen-bond acceptors (Lipinski definition) is 3. The Kier molecular flexibility index (Phi) is 5.74. The fourth-order valence-electron chi connectivity index (χ4n) is 2.20. The van der Waals surface area contributed by atoms with Gasteiger partial charge in [0.2, 0.25) is 0 Å². The molecule has 4 heteroatoms. The van der Waals surface area contributed by atoms with Crippen LogP contribution in [-0.2, 0) is 6.42 Å². The van der Waals surface area contributed by atoms with Gasteiger partial charge in [-0.2, -0.15) is 0 Å². The van der Waals surface area contributed by atoms with Gasteiger partial charge in [0.1, 0.15) is 11.6 Å². The Morgan fingerprint density at radius 3 is 2.38 bits per heavy atom. The molecule has 0 saturated heterocycles. The topological polar surface area (TPSA) is 37.8 Å². The van der Waals surface area contributed by atoms with Crippen LogP contribution in [0, 0.1) is 6.92 Å². The van der Waals surface area contributed by atoms with Crippen LogP contribution in [0.3, 0.4) is 0 Å². The molecule has 0 aliphatic heterocycles.